The van der Waals surface area contributed by atoms with Gasteiger partial charge in [0.15, 0.2) is 0 Å². The molecular formula is C14H22. The summed E-state index contributed by atoms with van der Waals surface area (Å²) in [6, 6.07) is 0. The highest BCUT2D eigenvalue weighted by Crippen LogP contribution is 2.09. The van der Waals surface area contributed by atoms with Crippen LogP contribution < -0.4 is 0 Å². The summed E-state index contributed by atoms with van der Waals surface area (Å²) in [7, 11) is 0. The van der Waals surface area contributed by atoms with Crippen LogP contribution in [-0.4, -0.2) is 0 Å². The smallest absolute Gasteiger partial charge is 0.0261 e. The van der Waals surface area contributed by atoms with Gasteiger partial charge >= 0.3 is 0 Å². The van der Waals surface area contributed by atoms with E-state index in [0.29, 0.717) is 5.92 Å². The lowest BCUT2D eigenvalue weighted by Crippen LogP contribution is -1.85. The van der Waals surface area contributed by atoms with Crippen molar-refractivity contribution in [2.75, 3.05) is 0 Å². The van der Waals surface area contributed by atoms with Gasteiger partial charge in [0.1, 0.15) is 0 Å². The third-order valence-electron chi connectivity index (χ3n) is 2.32. The predicted octanol–water partition coefficient (Wildman–Crippen LogP) is 4.67. The van der Waals surface area contributed by atoms with Crippen LogP contribution in [0.15, 0.2) is 48.6 Å². The van der Waals surface area contributed by atoms with Gasteiger partial charge in [-0.15, -0.1) is 0 Å². The van der Waals surface area contributed by atoms with E-state index in [0.717, 1.165) is 17.6 Å². The Morgan fingerprint density at radius 2 is 2.00 bits per heavy atom. The van der Waals surface area contributed by atoms with Crippen molar-refractivity contribution in [1.82, 2.24) is 0 Å². The Kier molecular flexibility index (Phi) is 6.82. The minimum atomic E-state index is 0.633. The van der Waals surface area contributed by atoms with E-state index in [4.69, 9.17) is 0 Å². The van der Waals surface area contributed by atoms with E-state index in [1.165, 1.54) is 6.42 Å². The van der Waals surface area contributed by atoms with Crippen LogP contribution in [0.5, 0.6) is 0 Å². The average molecular weight is 190 g/mol. The number of allylic oxidation sites excluding steroid dienone is 6. The molecule has 0 bridgehead atoms. The summed E-state index contributed by atoms with van der Waals surface area (Å²) in [4.78, 5) is 0. The van der Waals surface area contributed by atoms with Crippen LogP contribution in [0.2, 0.25) is 0 Å². The van der Waals surface area contributed by atoms with Crippen molar-refractivity contribution < 1.29 is 0 Å². The molecule has 0 radical (unpaired) electrons. The Morgan fingerprint density at radius 3 is 2.43 bits per heavy atom. The molecule has 0 aromatic rings. The number of hydrogen-bond donors (Lipinski definition) is 0. The van der Waals surface area contributed by atoms with Crippen molar-refractivity contribution in [1.29, 1.82) is 0 Å². The molecule has 0 heterocycles. The lowest BCUT2D eigenvalue weighted by atomic mass is 10.1. The van der Waals surface area contributed by atoms with Crippen molar-refractivity contribution in [3.8, 4) is 0 Å². The normalized spacial score (nSPS) is 14.4. The first-order valence-corrected chi connectivity index (χ1v) is 5.34. The highest BCUT2D eigenvalue weighted by Gasteiger charge is 1.92. The second kappa shape index (κ2) is 7.37. The first-order valence-electron chi connectivity index (χ1n) is 5.34. The lowest BCUT2D eigenvalue weighted by Gasteiger charge is -2.01. The molecule has 0 aromatic heterocycles. The molecule has 0 saturated carbocycles. The fraction of sp³-hybridized carbons (Fsp3) is 0.429. The topological polar surface area (TPSA) is 0 Å². The highest BCUT2D eigenvalue weighted by molar-refractivity contribution is 5.35. The molecule has 0 aromatic carbocycles. The van der Waals surface area contributed by atoms with Gasteiger partial charge in [0.2, 0.25) is 0 Å². The molecule has 1 unspecified atom stereocenters. The van der Waals surface area contributed by atoms with Crippen LogP contribution in [0.25, 0.3) is 0 Å². The van der Waals surface area contributed by atoms with Crippen LogP contribution >= 0.6 is 0 Å². The Morgan fingerprint density at radius 1 is 1.36 bits per heavy atom. The van der Waals surface area contributed by atoms with Gasteiger partial charge in [0, 0.05) is 0 Å². The molecule has 0 aliphatic heterocycles. The molecule has 0 fully saturated rings. The van der Waals surface area contributed by atoms with Gasteiger partial charge in [-0.05, 0) is 17.9 Å². The minimum Gasteiger partial charge on any atom is -0.0985 e. The van der Waals surface area contributed by atoms with Gasteiger partial charge in [-0.25, -0.2) is 0 Å². The molecular weight excluding hydrogens is 168 g/mol. The van der Waals surface area contributed by atoms with Gasteiger partial charge in [0.05, 0.1) is 0 Å². The second-order valence-corrected chi connectivity index (χ2v) is 3.60. The van der Waals surface area contributed by atoms with Crippen molar-refractivity contribution in [2.24, 2.45) is 5.92 Å². The Bertz CT molecular complexity index is 241. The van der Waals surface area contributed by atoms with E-state index in [2.05, 4.69) is 52.2 Å². The zero-order valence-corrected chi connectivity index (χ0v) is 9.72. The van der Waals surface area contributed by atoms with Crippen molar-refractivity contribution in [3.63, 3.8) is 0 Å². The summed E-state index contributed by atoms with van der Waals surface area (Å²) in [6.07, 6.45) is 10.5. The maximum absolute atomic E-state index is 3.95. The molecule has 0 rings (SSSR count). The largest absolute Gasteiger partial charge is 0.0985 e. The zero-order chi connectivity index (χ0) is 11.0. The average Bonchev–Trinajstić information content (AvgIpc) is 2.22. The van der Waals surface area contributed by atoms with Crippen molar-refractivity contribution in [2.45, 2.75) is 33.6 Å². The summed E-state index contributed by atoms with van der Waals surface area (Å²) < 4.78 is 0. The SMILES string of the molecule is C=CC(C=CC(C)CC)=CC(=C)CC. The van der Waals surface area contributed by atoms with E-state index in [9.17, 15) is 0 Å². The summed E-state index contributed by atoms with van der Waals surface area (Å²) in [5.41, 5.74) is 2.30. The molecule has 0 heteroatoms. The third kappa shape index (κ3) is 5.58. The molecule has 0 nitrogen and oxygen atoms in total. The summed E-state index contributed by atoms with van der Waals surface area (Å²) >= 11 is 0. The fourth-order valence-electron chi connectivity index (χ4n) is 0.924. The zero-order valence-electron chi connectivity index (χ0n) is 9.72. The van der Waals surface area contributed by atoms with E-state index >= 15 is 0 Å². The Labute approximate surface area is 88.7 Å². The van der Waals surface area contributed by atoms with Gasteiger partial charge in [-0.1, -0.05) is 70.2 Å². The number of hydrogen-bond acceptors (Lipinski definition) is 0. The maximum atomic E-state index is 3.95. The second-order valence-electron chi connectivity index (χ2n) is 3.60. The quantitative estimate of drug-likeness (QED) is 0.534. The molecule has 0 saturated heterocycles. The standard InChI is InChI=1S/C14H22/c1-6-12(4)9-10-14(8-3)11-13(5)7-2/h8-12H,3,5-7H2,1-2,4H3. The van der Waals surface area contributed by atoms with E-state index in [1.807, 2.05) is 6.08 Å². The lowest BCUT2D eigenvalue weighted by molar-refractivity contribution is 0.698. The maximum Gasteiger partial charge on any atom is -0.0261 e. The highest BCUT2D eigenvalue weighted by atomic mass is 14.0. The first kappa shape index (κ1) is 13.0. The van der Waals surface area contributed by atoms with Crippen molar-refractivity contribution >= 4 is 0 Å². The molecule has 0 N–H and O–H groups in total. The van der Waals surface area contributed by atoms with Crippen LogP contribution in [-0.2, 0) is 0 Å². The van der Waals surface area contributed by atoms with Gasteiger partial charge in [-0.2, -0.15) is 0 Å². The number of rotatable bonds is 6. The monoisotopic (exact) mass is 190 g/mol. The summed E-state index contributed by atoms with van der Waals surface area (Å²) in [5, 5.41) is 0. The van der Waals surface area contributed by atoms with Gasteiger partial charge in [-0.3, -0.25) is 0 Å². The fourth-order valence-corrected chi connectivity index (χ4v) is 0.924. The molecule has 0 amide bonds. The molecule has 0 aliphatic rings. The van der Waals surface area contributed by atoms with Crippen LogP contribution in [0.4, 0.5) is 0 Å². The van der Waals surface area contributed by atoms with E-state index < -0.39 is 0 Å². The Balaban J connectivity index is 4.43. The molecule has 1 atom stereocenters. The first-order chi connectivity index (χ1) is 6.63. The summed E-state index contributed by atoms with van der Waals surface area (Å²) in [5.74, 6) is 0.633. The molecule has 14 heavy (non-hydrogen) atoms. The van der Waals surface area contributed by atoms with Gasteiger partial charge < -0.3 is 0 Å². The molecule has 0 spiro atoms. The molecule has 0 aliphatic carbocycles. The van der Waals surface area contributed by atoms with Gasteiger partial charge in [0.25, 0.3) is 0 Å². The summed E-state index contributed by atoms with van der Waals surface area (Å²) in [6.45, 7) is 14.3. The predicted molar refractivity (Wildman–Crippen MR) is 66.3 cm³/mol. The minimum absolute atomic E-state index is 0.633. The third-order valence-corrected chi connectivity index (χ3v) is 2.32. The van der Waals surface area contributed by atoms with Crippen molar-refractivity contribution in [3.05, 3.63) is 48.6 Å². The molecule has 78 valence electrons. The van der Waals surface area contributed by atoms with E-state index in [1.54, 1.807) is 0 Å². The van der Waals surface area contributed by atoms with Crippen LogP contribution in [0, 0.1) is 5.92 Å². The van der Waals surface area contributed by atoms with Crippen LogP contribution in [0.1, 0.15) is 33.6 Å². The van der Waals surface area contributed by atoms with E-state index in [-0.39, 0.29) is 0 Å². The Hall–Kier alpha value is -1.04. The van der Waals surface area contributed by atoms with Crippen LogP contribution in [0.3, 0.4) is 0 Å².